The van der Waals surface area contributed by atoms with Crippen LogP contribution in [0.1, 0.15) is 39.5 Å². The molecular weight excluding hydrogens is 192 g/mol. The Morgan fingerprint density at radius 2 is 2.33 bits per heavy atom. The molecule has 1 amide bonds. The summed E-state index contributed by atoms with van der Waals surface area (Å²) in [6, 6.07) is 0.0674. The molecule has 0 radical (unpaired) electrons. The third-order valence-corrected chi connectivity index (χ3v) is 2.72. The molecule has 4 nitrogen and oxygen atoms in total. The van der Waals surface area contributed by atoms with Crippen LogP contribution in [0.2, 0.25) is 0 Å². The number of hydrogen-bond donors (Lipinski definition) is 2. The summed E-state index contributed by atoms with van der Waals surface area (Å²) in [6.07, 6.45) is 3.75. The van der Waals surface area contributed by atoms with Gasteiger partial charge in [-0.05, 0) is 26.2 Å². The Bertz CT molecular complexity index is 209. The average Bonchev–Trinajstić information content (AvgIpc) is 2.62. The van der Waals surface area contributed by atoms with E-state index >= 15 is 0 Å². The Morgan fingerprint density at radius 1 is 1.60 bits per heavy atom. The lowest BCUT2D eigenvalue weighted by atomic mass is 10.1. The van der Waals surface area contributed by atoms with Crippen molar-refractivity contribution < 1.29 is 9.53 Å². The van der Waals surface area contributed by atoms with Gasteiger partial charge in [-0.2, -0.15) is 0 Å². The first kappa shape index (κ1) is 12.5. The lowest BCUT2D eigenvalue weighted by molar-refractivity contribution is -0.131. The molecule has 15 heavy (non-hydrogen) atoms. The van der Waals surface area contributed by atoms with E-state index in [1.165, 1.54) is 0 Å². The Labute approximate surface area is 91.5 Å². The second-order valence-electron chi connectivity index (χ2n) is 4.31. The molecule has 3 N–H and O–H groups in total. The van der Waals surface area contributed by atoms with Gasteiger partial charge in [0.25, 0.3) is 0 Å². The highest BCUT2D eigenvalue weighted by Crippen LogP contribution is 2.18. The zero-order valence-electron chi connectivity index (χ0n) is 9.66. The molecule has 1 aliphatic heterocycles. The summed E-state index contributed by atoms with van der Waals surface area (Å²) in [5.74, 6) is -0.00842. The standard InChI is InChI=1S/C11H22N2O2/c1-3-4-9(12)7-13-11(14)10-6-5-8(2)15-10/h8-10H,3-7,12H2,1-2H3,(H,13,14). The van der Waals surface area contributed by atoms with Crippen molar-refractivity contribution in [2.45, 2.75) is 57.8 Å². The molecule has 4 heteroatoms. The van der Waals surface area contributed by atoms with Crippen LogP contribution in [0, 0.1) is 0 Å². The van der Waals surface area contributed by atoms with Crippen molar-refractivity contribution in [3.05, 3.63) is 0 Å². The number of carbonyl (C=O) groups is 1. The zero-order valence-corrected chi connectivity index (χ0v) is 9.66. The number of ether oxygens (including phenoxy) is 1. The van der Waals surface area contributed by atoms with Crippen molar-refractivity contribution >= 4 is 5.91 Å². The molecular formula is C11H22N2O2. The maximum Gasteiger partial charge on any atom is 0.249 e. The third-order valence-electron chi connectivity index (χ3n) is 2.72. The van der Waals surface area contributed by atoms with E-state index in [2.05, 4.69) is 12.2 Å². The Morgan fingerprint density at radius 3 is 2.87 bits per heavy atom. The minimum atomic E-state index is -0.256. The van der Waals surface area contributed by atoms with E-state index in [0.29, 0.717) is 6.54 Å². The molecule has 0 aliphatic carbocycles. The van der Waals surface area contributed by atoms with E-state index in [1.807, 2.05) is 6.92 Å². The van der Waals surface area contributed by atoms with Crippen molar-refractivity contribution in [1.29, 1.82) is 0 Å². The van der Waals surface area contributed by atoms with E-state index in [0.717, 1.165) is 25.7 Å². The summed E-state index contributed by atoms with van der Waals surface area (Å²) in [5.41, 5.74) is 5.80. The van der Waals surface area contributed by atoms with Gasteiger partial charge in [0.15, 0.2) is 0 Å². The number of nitrogens with two attached hydrogens (primary N) is 1. The van der Waals surface area contributed by atoms with Crippen LogP contribution in [0.15, 0.2) is 0 Å². The summed E-state index contributed by atoms with van der Waals surface area (Å²) in [7, 11) is 0. The van der Waals surface area contributed by atoms with Gasteiger partial charge in [-0.3, -0.25) is 4.79 Å². The zero-order chi connectivity index (χ0) is 11.3. The van der Waals surface area contributed by atoms with Crippen molar-refractivity contribution in [2.75, 3.05) is 6.54 Å². The first-order valence-electron chi connectivity index (χ1n) is 5.82. The van der Waals surface area contributed by atoms with Gasteiger partial charge in [-0.25, -0.2) is 0 Å². The monoisotopic (exact) mass is 214 g/mol. The van der Waals surface area contributed by atoms with Gasteiger partial charge in [0.2, 0.25) is 5.91 Å². The van der Waals surface area contributed by atoms with Crippen LogP contribution < -0.4 is 11.1 Å². The molecule has 0 aromatic carbocycles. The fourth-order valence-electron chi connectivity index (χ4n) is 1.81. The van der Waals surface area contributed by atoms with Crippen LogP contribution in [0.4, 0.5) is 0 Å². The second-order valence-corrected chi connectivity index (χ2v) is 4.31. The van der Waals surface area contributed by atoms with Gasteiger partial charge in [0, 0.05) is 12.6 Å². The van der Waals surface area contributed by atoms with E-state index in [9.17, 15) is 4.79 Å². The molecule has 3 unspecified atom stereocenters. The van der Waals surface area contributed by atoms with Crippen molar-refractivity contribution in [2.24, 2.45) is 5.73 Å². The van der Waals surface area contributed by atoms with Crippen LogP contribution in [0.25, 0.3) is 0 Å². The fourth-order valence-corrected chi connectivity index (χ4v) is 1.81. The van der Waals surface area contributed by atoms with Gasteiger partial charge < -0.3 is 15.8 Å². The van der Waals surface area contributed by atoms with Crippen LogP contribution >= 0.6 is 0 Å². The summed E-state index contributed by atoms with van der Waals surface area (Å²) in [5, 5.41) is 2.84. The summed E-state index contributed by atoms with van der Waals surface area (Å²) < 4.78 is 5.46. The normalized spacial score (nSPS) is 27.7. The minimum absolute atomic E-state index is 0.00842. The molecule has 0 aromatic heterocycles. The quantitative estimate of drug-likeness (QED) is 0.711. The molecule has 88 valence electrons. The summed E-state index contributed by atoms with van der Waals surface area (Å²) >= 11 is 0. The molecule has 1 fully saturated rings. The lowest BCUT2D eigenvalue weighted by Crippen LogP contribution is -2.41. The number of nitrogens with one attached hydrogen (secondary N) is 1. The largest absolute Gasteiger partial charge is 0.365 e. The van der Waals surface area contributed by atoms with Gasteiger partial charge in [-0.15, -0.1) is 0 Å². The Balaban J connectivity index is 2.18. The van der Waals surface area contributed by atoms with E-state index in [4.69, 9.17) is 10.5 Å². The van der Waals surface area contributed by atoms with Gasteiger partial charge in [0.1, 0.15) is 6.10 Å². The Hall–Kier alpha value is -0.610. The van der Waals surface area contributed by atoms with Crippen LogP contribution in [-0.4, -0.2) is 30.7 Å². The topological polar surface area (TPSA) is 64.3 Å². The van der Waals surface area contributed by atoms with Crippen LogP contribution in [0.5, 0.6) is 0 Å². The molecule has 0 saturated carbocycles. The predicted molar refractivity (Wildman–Crippen MR) is 59.5 cm³/mol. The highest BCUT2D eigenvalue weighted by molar-refractivity contribution is 5.81. The van der Waals surface area contributed by atoms with Crippen molar-refractivity contribution in [3.8, 4) is 0 Å². The molecule has 1 rings (SSSR count). The maximum atomic E-state index is 11.6. The first-order chi connectivity index (χ1) is 7.13. The van der Waals surface area contributed by atoms with Gasteiger partial charge in [-0.1, -0.05) is 13.3 Å². The fraction of sp³-hybridized carbons (Fsp3) is 0.909. The molecule has 1 aliphatic rings. The smallest absolute Gasteiger partial charge is 0.249 e. The molecule has 1 saturated heterocycles. The maximum absolute atomic E-state index is 11.6. The lowest BCUT2D eigenvalue weighted by Gasteiger charge is -2.14. The SMILES string of the molecule is CCCC(N)CNC(=O)C1CCC(C)O1. The third kappa shape index (κ3) is 4.18. The molecule has 1 heterocycles. The van der Waals surface area contributed by atoms with Gasteiger partial charge in [0.05, 0.1) is 6.10 Å². The first-order valence-corrected chi connectivity index (χ1v) is 5.82. The number of hydrogen-bond acceptors (Lipinski definition) is 3. The van der Waals surface area contributed by atoms with Crippen molar-refractivity contribution in [1.82, 2.24) is 5.32 Å². The van der Waals surface area contributed by atoms with Crippen LogP contribution in [0.3, 0.4) is 0 Å². The summed E-state index contributed by atoms with van der Waals surface area (Å²) in [4.78, 5) is 11.6. The number of rotatable bonds is 5. The highest BCUT2D eigenvalue weighted by Gasteiger charge is 2.27. The average molecular weight is 214 g/mol. The van der Waals surface area contributed by atoms with E-state index in [-0.39, 0.29) is 24.2 Å². The van der Waals surface area contributed by atoms with Crippen molar-refractivity contribution in [3.63, 3.8) is 0 Å². The number of amides is 1. The Kier molecular flexibility index (Phi) is 5.05. The van der Waals surface area contributed by atoms with E-state index in [1.54, 1.807) is 0 Å². The second kappa shape index (κ2) is 6.08. The molecule has 0 bridgehead atoms. The minimum Gasteiger partial charge on any atom is -0.365 e. The van der Waals surface area contributed by atoms with Crippen LogP contribution in [-0.2, 0) is 9.53 Å². The van der Waals surface area contributed by atoms with E-state index < -0.39 is 0 Å². The predicted octanol–water partition coefficient (Wildman–Crippen LogP) is 0.797. The molecule has 0 spiro atoms. The highest BCUT2D eigenvalue weighted by atomic mass is 16.5. The molecule has 0 aromatic rings. The van der Waals surface area contributed by atoms with Gasteiger partial charge >= 0.3 is 0 Å². The molecule has 3 atom stereocenters. The number of carbonyl (C=O) groups excluding carboxylic acids is 1. The summed E-state index contributed by atoms with van der Waals surface area (Å²) in [6.45, 7) is 4.64.